The summed E-state index contributed by atoms with van der Waals surface area (Å²) in [5.41, 5.74) is 4.09. The van der Waals surface area contributed by atoms with Gasteiger partial charge < -0.3 is 10.1 Å². The van der Waals surface area contributed by atoms with Gasteiger partial charge in [0, 0.05) is 46.0 Å². The maximum atomic E-state index is 12.3. The smallest absolute Gasteiger partial charge is 0.269 e. The van der Waals surface area contributed by atoms with Crippen molar-refractivity contribution in [2.75, 3.05) is 23.1 Å². The molecule has 0 radical (unpaired) electrons. The van der Waals surface area contributed by atoms with Gasteiger partial charge in [0.1, 0.15) is 17.3 Å². The lowest BCUT2D eigenvalue weighted by Crippen LogP contribution is -2.33. The van der Waals surface area contributed by atoms with E-state index in [9.17, 15) is 21.4 Å². The van der Waals surface area contributed by atoms with Gasteiger partial charge in [-0.3, -0.25) is 9.55 Å². The Morgan fingerprint density at radius 3 is 2.18 bits per heavy atom. The summed E-state index contributed by atoms with van der Waals surface area (Å²) in [6.45, 7) is 11.9. The van der Waals surface area contributed by atoms with Crippen molar-refractivity contribution in [3.05, 3.63) is 63.7 Å². The summed E-state index contributed by atoms with van der Waals surface area (Å²) < 4.78 is 64.4. The second-order valence-corrected chi connectivity index (χ2v) is 15.8. The second-order valence-electron chi connectivity index (χ2n) is 12.2. The number of sulfone groups is 1. The Morgan fingerprint density at radius 1 is 0.897 bits per heavy atom. The van der Waals surface area contributed by atoms with E-state index in [1.807, 2.05) is 64.1 Å². The number of anilines is 1. The van der Waals surface area contributed by atoms with Gasteiger partial charge in [0.2, 0.25) is 0 Å². The van der Waals surface area contributed by atoms with Crippen molar-refractivity contribution in [1.29, 1.82) is 0 Å². The topological polar surface area (TPSA) is 122 Å². The second kappa shape index (κ2) is 8.78. The van der Waals surface area contributed by atoms with E-state index in [0.29, 0.717) is 39.3 Å². The lowest BCUT2D eigenvalue weighted by Gasteiger charge is -2.34. The van der Waals surface area contributed by atoms with Crippen LogP contribution in [0.2, 0.25) is 0 Å². The molecule has 10 heteroatoms. The first-order valence-electron chi connectivity index (χ1n) is 12.8. The van der Waals surface area contributed by atoms with Gasteiger partial charge in [-0.25, -0.2) is 8.42 Å². The summed E-state index contributed by atoms with van der Waals surface area (Å²) in [5, 5.41) is 4.96. The molecule has 0 spiro atoms. The SMILES string of the molecule is CC(C)C1=c2cc3c(cc2Oc2cc4c(cc21)C(CS(=O)(=O)O)=CC(C)(C)N4)=NC(C)(C)C=C3CS(C)(=O)=O. The third-order valence-electron chi connectivity index (χ3n) is 6.97. The van der Waals surface area contributed by atoms with E-state index in [-0.39, 0.29) is 11.7 Å². The molecule has 2 aromatic rings. The van der Waals surface area contributed by atoms with E-state index in [1.165, 1.54) is 6.26 Å². The Hall–Kier alpha value is -2.95. The number of nitrogens with one attached hydrogen (secondary N) is 1. The predicted molar refractivity (Wildman–Crippen MR) is 155 cm³/mol. The number of nitrogens with zero attached hydrogens (tertiary/aromatic N) is 1. The zero-order valence-electron chi connectivity index (χ0n) is 23.2. The van der Waals surface area contributed by atoms with E-state index >= 15 is 0 Å². The van der Waals surface area contributed by atoms with Gasteiger partial charge >= 0.3 is 0 Å². The van der Waals surface area contributed by atoms with Crippen molar-refractivity contribution in [3.8, 4) is 11.5 Å². The first-order valence-corrected chi connectivity index (χ1v) is 16.5. The summed E-state index contributed by atoms with van der Waals surface area (Å²) in [6, 6.07) is 7.65. The van der Waals surface area contributed by atoms with Crippen LogP contribution in [0.5, 0.6) is 11.5 Å². The summed E-state index contributed by atoms with van der Waals surface area (Å²) in [6.07, 6.45) is 4.96. The first kappa shape index (κ1) is 27.6. The van der Waals surface area contributed by atoms with Crippen LogP contribution in [0.4, 0.5) is 5.69 Å². The first-order chi connectivity index (χ1) is 17.8. The van der Waals surface area contributed by atoms with E-state index < -0.39 is 36.8 Å². The molecule has 5 rings (SSSR count). The van der Waals surface area contributed by atoms with Crippen molar-refractivity contribution in [3.63, 3.8) is 0 Å². The Morgan fingerprint density at radius 2 is 1.56 bits per heavy atom. The number of hydrogen-bond acceptors (Lipinski definition) is 7. The van der Waals surface area contributed by atoms with Gasteiger partial charge in [-0.2, -0.15) is 8.42 Å². The molecule has 0 unspecified atom stereocenters. The summed E-state index contributed by atoms with van der Waals surface area (Å²) >= 11 is 0. The molecule has 0 aliphatic carbocycles. The zero-order valence-corrected chi connectivity index (χ0v) is 24.8. The fourth-order valence-corrected chi connectivity index (χ4v) is 7.24. The Labute approximate surface area is 229 Å². The van der Waals surface area contributed by atoms with Crippen LogP contribution in [0.1, 0.15) is 58.2 Å². The molecule has 3 aliphatic heterocycles. The minimum absolute atomic E-state index is 0.0591. The predicted octanol–water partition coefficient (Wildman–Crippen LogP) is 3.96. The molecule has 0 amide bonds. The van der Waals surface area contributed by atoms with Gasteiger partial charge in [0.15, 0.2) is 9.84 Å². The highest BCUT2D eigenvalue weighted by Crippen LogP contribution is 2.44. The summed E-state index contributed by atoms with van der Waals surface area (Å²) in [5.74, 6) is 0.731. The molecule has 0 bridgehead atoms. The van der Waals surface area contributed by atoms with Gasteiger partial charge in [-0.05, 0) is 62.5 Å². The molecular weight excluding hydrogens is 536 g/mol. The number of ether oxygens (including phenoxy) is 1. The van der Waals surface area contributed by atoms with Crippen molar-refractivity contribution in [1.82, 2.24) is 0 Å². The van der Waals surface area contributed by atoms with Crippen LogP contribution in [0, 0.1) is 5.92 Å². The van der Waals surface area contributed by atoms with E-state index in [4.69, 9.17) is 9.73 Å². The van der Waals surface area contributed by atoms with E-state index in [1.54, 1.807) is 0 Å². The standard InChI is InChI=1S/C29H34N2O6S2/c1-16(2)27-21-8-19-17(14-38(7,32)33)12-28(3,4)30-23(19)10-25(21)37-26-11-24-20(9-22(26)27)18(15-39(34,35)36)13-29(5,6)31-24/h8-13,16,31H,14-15H2,1-7H3,(H,34,35,36). The number of rotatable bonds is 5. The quantitative estimate of drug-likeness (QED) is 0.522. The lowest BCUT2D eigenvalue weighted by molar-refractivity contribution is 0.468. The van der Waals surface area contributed by atoms with Crippen LogP contribution < -0.4 is 20.6 Å². The van der Waals surface area contributed by atoms with Gasteiger partial charge in [-0.15, -0.1) is 0 Å². The van der Waals surface area contributed by atoms with Gasteiger partial charge in [0.05, 0.1) is 22.2 Å². The fourth-order valence-electron chi connectivity index (χ4n) is 5.80. The van der Waals surface area contributed by atoms with E-state index in [0.717, 1.165) is 21.9 Å². The number of fused-ring (bicyclic) bond motifs is 4. The molecule has 0 saturated carbocycles. The molecule has 208 valence electrons. The molecule has 0 atom stereocenters. The number of benzene rings is 2. The van der Waals surface area contributed by atoms with Crippen molar-refractivity contribution in [2.45, 2.75) is 52.6 Å². The lowest BCUT2D eigenvalue weighted by atomic mass is 9.84. The third-order valence-corrected chi connectivity index (χ3v) is 8.48. The minimum atomic E-state index is -4.26. The largest absolute Gasteiger partial charge is 0.456 e. The summed E-state index contributed by atoms with van der Waals surface area (Å²) in [7, 11) is -7.55. The molecule has 2 aromatic carbocycles. The fraction of sp³-hybridized carbons (Fsp3) is 0.414. The molecular formula is C29H34N2O6S2. The highest BCUT2D eigenvalue weighted by Gasteiger charge is 2.31. The average Bonchev–Trinajstić information content (AvgIpc) is 2.71. The van der Waals surface area contributed by atoms with Gasteiger partial charge in [0.25, 0.3) is 10.1 Å². The van der Waals surface area contributed by atoms with Crippen LogP contribution in [0.15, 0.2) is 41.4 Å². The minimum Gasteiger partial charge on any atom is -0.456 e. The van der Waals surface area contributed by atoms with Crippen molar-refractivity contribution >= 4 is 42.4 Å². The molecule has 0 saturated heterocycles. The van der Waals surface area contributed by atoms with Crippen molar-refractivity contribution < 1.29 is 26.1 Å². The molecule has 3 heterocycles. The monoisotopic (exact) mass is 570 g/mol. The maximum Gasteiger partial charge on any atom is 0.269 e. The Kier molecular flexibility index (Phi) is 6.21. The van der Waals surface area contributed by atoms with Crippen LogP contribution in [0.25, 0.3) is 16.7 Å². The molecule has 3 aliphatic rings. The van der Waals surface area contributed by atoms with Crippen LogP contribution in [0.3, 0.4) is 0 Å². The van der Waals surface area contributed by atoms with E-state index in [2.05, 4.69) is 19.2 Å². The molecule has 2 N–H and O–H groups in total. The van der Waals surface area contributed by atoms with Crippen molar-refractivity contribution in [2.24, 2.45) is 10.9 Å². The van der Waals surface area contributed by atoms with Crippen LogP contribution >= 0.6 is 0 Å². The summed E-state index contributed by atoms with van der Waals surface area (Å²) in [4.78, 5) is 4.86. The highest BCUT2D eigenvalue weighted by atomic mass is 32.2. The third kappa shape index (κ3) is 5.55. The maximum absolute atomic E-state index is 12.3. The normalized spacial score (nSPS) is 18.8. The molecule has 8 nitrogen and oxygen atoms in total. The highest BCUT2D eigenvalue weighted by molar-refractivity contribution is 7.91. The average molecular weight is 571 g/mol. The Balaban J connectivity index is 1.78. The number of hydrogen-bond donors (Lipinski definition) is 2. The zero-order chi connectivity index (χ0) is 28.7. The Bertz CT molecular complexity index is 1830. The van der Waals surface area contributed by atoms with Crippen LogP contribution in [-0.4, -0.2) is 50.2 Å². The molecule has 39 heavy (non-hydrogen) atoms. The molecule has 0 fully saturated rings. The molecule has 0 aromatic heterocycles. The van der Waals surface area contributed by atoms with Gasteiger partial charge in [-0.1, -0.05) is 26.0 Å². The van der Waals surface area contributed by atoms with Crippen LogP contribution in [-0.2, 0) is 20.0 Å².